The average molecular weight is 1210 g/mol. The highest BCUT2D eigenvalue weighted by Gasteiger charge is 2.30. The third-order valence-corrected chi connectivity index (χ3v) is 16.5. The summed E-state index contributed by atoms with van der Waals surface area (Å²) in [5.41, 5.74) is 0. The van der Waals surface area contributed by atoms with Gasteiger partial charge < -0.3 is 19.4 Å². The van der Waals surface area contributed by atoms with Gasteiger partial charge in [0.25, 0.3) is 0 Å². The smallest absolute Gasteiger partial charge is 0.456 e. The summed E-state index contributed by atoms with van der Waals surface area (Å²) in [6.07, 6.45) is 87.0. The van der Waals surface area contributed by atoms with Crippen molar-refractivity contribution in [1.82, 2.24) is 5.32 Å². The number of carbonyl (C=O) groups is 2. The number of unbranched alkanes of at least 4 members (excludes halogenated alkanes) is 34. The Morgan fingerprint density at radius 1 is 0.424 bits per heavy atom. The van der Waals surface area contributed by atoms with Gasteiger partial charge in [-0.3, -0.25) is 18.6 Å². The maximum Gasteiger partial charge on any atom is 0.472 e. The number of carbonyl (C=O) groups excluding carboxylic acids is 2. The van der Waals surface area contributed by atoms with Gasteiger partial charge in [-0.15, -0.1) is 0 Å². The van der Waals surface area contributed by atoms with E-state index in [2.05, 4.69) is 111 Å². The van der Waals surface area contributed by atoms with Crippen LogP contribution in [0, 0.1) is 0 Å². The molecule has 0 spiro atoms. The molecule has 0 aromatic rings. The molecule has 2 N–H and O–H groups in total. The zero-order chi connectivity index (χ0) is 62.1. The quantitative estimate of drug-likeness (QED) is 0.0205. The number of nitrogens with zero attached hydrogens (tertiary/aromatic N) is 1. The zero-order valence-electron chi connectivity index (χ0n) is 56.3. The van der Waals surface area contributed by atoms with E-state index >= 15 is 0 Å². The van der Waals surface area contributed by atoms with Crippen LogP contribution in [0.15, 0.2) is 97.2 Å². The van der Waals surface area contributed by atoms with Gasteiger partial charge in [-0.05, 0) is 109 Å². The number of hydrogen-bond acceptors (Lipinski definition) is 6. The molecule has 9 nitrogen and oxygen atoms in total. The highest BCUT2D eigenvalue weighted by Crippen LogP contribution is 2.43. The van der Waals surface area contributed by atoms with Crippen molar-refractivity contribution in [3.05, 3.63) is 97.2 Å². The number of quaternary nitrogens is 1. The van der Waals surface area contributed by atoms with Crippen molar-refractivity contribution in [3.63, 3.8) is 0 Å². The van der Waals surface area contributed by atoms with Gasteiger partial charge >= 0.3 is 13.8 Å². The molecule has 0 saturated heterocycles. The minimum Gasteiger partial charge on any atom is -0.456 e. The van der Waals surface area contributed by atoms with Crippen molar-refractivity contribution in [1.29, 1.82) is 0 Å². The molecule has 0 fully saturated rings. The van der Waals surface area contributed by atoms with Crippen molar-refractivity contribution in [2.45, 2.75) is 328 Å². The maximum absolute atomic E-state index is 13.6. The monoisotopic (exact) mass is 1210 g/mol. The fourth-order valence-electron chi connectivity index (χ4n) is 10.1. The number of esters is 1. The molecule has 0 heterocycles. The Morgan fingerprint density at radius 3 is 1.14 bits per heavy atom. The summed E-state index contributed by atoms with van der Waals surface area (Å²) in [6, 6.07) is -0.857. The first kappa shape index (κ1) is 81.9. The van der Waals surface area contributed by atoms with E-state index in [4.69, 9.17) is 13.8 Å². The lowest BCUT2D eigenvalue weighted by Crippen LogP contribution is -2.47. The van der Waals surface area contributed by atoms with Gasteiger partial charge in [0.2, 0.25) is 5.91 Å². The van der Waals surface area contributed by atoms with E-state index in [1.54, 1.807) is 0 Å². The highest BCUT2D eigenvalue weighted by molar-refractivity contribution is 7.47. The summed E-state index contributed by atoms with van der Waals surface area (Å²) < 4.78 is 30.8. The van der Waals surface area contributed by atoms with E-state index in [-0.39, 0.29) is 31.5 Å². The van der Waals surface area contributed by atoms with E-state index < -0.39 is 20.0 Å². The number of ether oxygens (including phenoxy) is 1. The van der Waals surface area contributed by atoms with Gasteiger partial charge in [0, 0.05) is 12.8 Å². The molecule has 0 saturated carbocycles. The van der Waals surface area contributed by atoms with E-state index in [9.17, 15) is 19.0 Å². The molecular weight excluding hydrogens is 1070 g/mol. The average Bonchev–Trinajstić information content (AvgIpc) is 3.59. The van der Waals surface area contributed by atoms with Crippen LogP contribution in [0.5, 0.6) is 0 Å². The normalized spacial score (nSPS) is 14.1. The van der Waals surface area contributed by atoms with Gasteiger partial charge in [-0.25, -0.2) is 4.57 Å². The van der Waals surface area contributed by atoms with Gasteiger partial charge in [-0.1, -0.05) is 292 Å². The second-order valence-electron chi connectivity index (χ2n) is 25.0. The number of rotatable bonds is 64. The molecule has 1 amide bonds. The standard InChI is InChI=1S/C75H135N2O7P/c1-7-10-13-16-19-22-25-27-29-31-33-35-36-37-38-39-40-42-44-46-48-50-53-56-59-62-65-68-75(79)84-73(66-63-60-57-54-51-24-21-18-15-12-9-3)72(71-83-85(80,81)82-70-69-77(4,5)6)76-74(78)67-64-61-58-55-52-49-47-45-43-41-34-32-30-28-26-23-20-17-14-11-8-2/h10,13,19,22,27-30,33,35,37-38,40,42,63,66,72-73H,7-9,11-12,14-18,20-21,23-26,31-32,34,36,39,41,43-62,64-65,67-71H2,1-6H3,(H-,76,78,80,81)/p+1/b13-10-,22-19-,29-27-,30-28+,35-33-,38-37-,42-40-,66-63-. The largest absolute Gasteiger partial charge is 0.472 e. The molecular formula is C75H136N2O7P+. The predicted molar refractivity (Wildman–Crippen MR) is 369 cm³/mol. The summed E-state index contributed by atoms with van der Waals surface area (Å²) >= 11 is 0. The first-order valence-corrected chi connectivity index (χ1v) is 37.1. The molecule has 492 valence electrons. The van der Waals surface area contributed by atoms with Crippen LogP contribution in [-0.2, 0) is 27.9 Å². The molecule has 0 aliphatic carbocycles. The van der Waals surface area contributed by atoms with Crippen LogP contribution in [0.25, 0.3) is 0 Å². The third-order valence-electron chi connectivity index (χ3n) is 15.5. The minimum absolute atomic E-state index is 0.0356. The Morgan fingerprint density at radius 2 is 0.753 bits per heavy atom. The second-order valence-corrected chi connectivity index (χ2v) is 26.5. The Labute approximate surface area is 526 Å². The first-order chi connectivity index (χ1) is 41.4. The number of nitrogens with one attached hydrogen (secondary N) is 1. The van der Waals surface area contributed by atoms with Crippen LogP contribution in [0.3, 0.4) is 0 Å². The Hall–Kier alpha value is -3.07. The molecule has 0 aliphatic heterocycles. The molecule has 0 aliphatic rings. The van der Waals surface area contributed by atoms with Crippen LogP contribution in [-0.4, -0.2) is 74.3 Å². The van der Waals surface area contributed by atoms with Gasteiger partial charge in [-0.2, -0.15) is 0 Å². The topological polar surface area (TPSA) is 111 Å². The summed E-state index contributed by atoms with van der Waals surface area (Å²) in [5, 5.41) is 3.07. The summed E-state index contributed by atoms with van der Waals surface area (Å²) in [6.45, 7) is 6.91. The lowest BCUT2D eigenvalue weighted by Gasteiger charge is -2.27. The SMILES string of the molecule is CC/C=C\C/C=C\C/C=C\C/C=C\C/C=C\C/C=C\CCCCCCCCCCC(=O)OC(/C=C\CCCCCCCCCCC)C(COP(=O)(O)OCC[N+](C)(C)C)NC(=O)CCCCCCCCCCCCC/C=C/CCCCCCCC. The Balaban J connectivity index is 5.05. The van der Waals surface area contributed by atoms with Crippen molar-refractivity contribution >= 4 is 19.7 Å². The number of phosphoric ester groups is 1. The van der Waals surface area contributed by atoms with Crippen LogP contribution >= 0.6 is 7.82 Å². The summed E-state index contributed by atoms with van der Waals surface area (Å²) in [5.74, 6) is -0.512. The molecule has 85 heavy (non-hydrogen) atoms. The molecule has 10 heteroatoms. The minimum atomic E-state index is -4.46. The third kappa shape index (κ3) is 65.2. The van der Waals surface area contributed by atoms with E-state index in [0.717, 1.165) is 109 Å². The van der Waals surface area contributed by atoms with E-state index in [1.165, 1.54) is 173 Å². The maximum atomic E-state index is 13.6. The highest BCUT2D eigenvalue weighted by atomic mass is 31.2. The van der Waals surface area contributed by atoms with E-state index in [0.29, 0.717) is 17.4 Å². The number of allylic oxidation sites excluding steroid dienone is 15. The van der Waals surface area contributed by atoms with Crippen LogP contribution < -0.4 is 5.32 Å². The van der Waals surface area contributed by atoms with Gasteiger partial charge in [0.1, 0.15) is 19.3 Å². The number of phosphoric acid groups is 1. The van der Waals surface area contributed by atoms with Crippen molar-refractivity contribution in [3.8, 4) is 0 Å². The molecule has 0 bridgehead atoms. The molecule has 0 aromatic heterocycles. The molecule has 3 unspecified atom stereocenters. The Bertz CT molecular complexity index is 1780. The fourth-order valence-corrected chi connectivity index (χ4v) is 10.8. The summed E-state index contributed by atoms with van der Waals surface area (Å²) in [7, 11) is 1.49. The molecule has 0 rings (SSSR count). The predicted octanol–water partition coefficient (Wildman–Crippen LogP) is 22.7. The zero-order valence-corrected chi connectivity index (χ0v) is 57.2. The van der Waals surface area contributed by atoms with Crippen molar-refractivity contribution < 1.29 is 37.3 Å². The number of amides is 1. The van der Waals surface area contributed by atoms with Crippen molar-refractivity contribution in [2.75, 3.05) is 40.9 Å². The summed E-state index contributed by atoms with van der Waals surface area (Å²) in [4.78, 5) is 37.9. The lowest BCUT2D eigenvalue weighted by molar-refractivity contribution is -0.870. The molecule has 0 radical (unpaired) electrons. The fraction of sp³-hybridized carbons (Fsp3) is 0.760. The van der Waals surface area contributed by atoms with Crippen molar-refractivity contribution in [2.24, 2.45) is 0 Å². The second kappa shape index (κ2) is 63.9. The molecule has 3 atom stereocenters. The number of hydrogen-bond donors (Lipinski definition) is 2. The molecule has 0 aromatic carbocycles. The van der Waals surface area contributed by atoms with E-state index in [1.807, 2.05) is 33.3 Å². The van der Waals surface area contributed by atoms with Crippen LogP contribution in [0.2, 0.25) is 0 Å². The number of likely N-dealkylation sites (N-methyl/N-ethyl adjacent to an activating group) is 1. The lowest BCUT2D eigenvalue weighted by atomic mass is 10.0. The van der Waals surface area contributed by atoms with Crippen LogP contribution in [0.4, 0.5) is 0 Å². The van der Waals surface area contributed by atoms with Gasteiger partial charge in [0.05, 0.1) is 33.8 Å². The first-order valence-electron chi connectivity index (χ1n) is 35.6. The van der Waals surface area contributed by atoms with Gasteiger partial charge in [0.15, 0.2) is 0 Å². The Kier molecular flexibility index (Phi) is 61.6. The van der Waals surface area contributed by atoms with Crippen LogP contribution in [0.1, 0.15) is 316 Å².